The Morgan fingerprint density at radius 3 is 2.96 bits per heavy atom. The number of benzene rings is 1. The second-order valence-corrected chi connectivity index (χ2v) is 8.07. The van der Waals surface area contributed by atoms with Gasteiger partial charge in [0.2, 0.25) is 6.43 Å². The van der Waals surface area contributed by atoms with Gasteiger partial charge in [-0.05, 0) is 30.9 Å². The second kappa shape index (κ2) is 8.15. The molecule has 1 heterocycles. The van der Waals surface area contributed by atoms with Crippen molar-refractivity contribution in [3.63, 3.8) is 0 Å². The van der Waals surface area contributed by atoms with Crippen LogP contribution in [0.2, 0.25) is 5.02 Å². The highest BCUT2D eigenvalue weighted by atomic mass is 35.5. The molecule has 2 atom stereocenters. The van der Waals surface area contributed by atoms with E-state index in [9.17, 15) is 18.7 Å². The van der Waals surface area contributed by atoms with E-state index in [0.717, 1.165) is 12.8 Å². The van der Waals surface area contributed by atoms with E-state index in [1.54, 1.807) is 29.0 Å². The number of nitrogens with one attached hydrogen (secondary N) is 1. The van der Waals surface area contributed by atoms with Crippen LogP contribution in [-0.4, -0.2) is 34.2 Å². The van der Waals surface area contributed by atoms with Gasteiger partial charge in [-0.15, -0.1) is 0 Å². The molecule has 0 unspecified atom stereocenters. The lowest BCUT2D eigenvalue weighted by Crippen LogP contribution is -2.45. The van der Waals surface area contributed by atoms with Crippen LogP contribution in [0.3, 0.4) is 0 Å². The average Bonchev–Trinajstić information content (AvgIpc) is 2.98. The number of hydrogen-bond donors (Lipinski definition) is 2. The zero-order valence-corrected chi connectivity index (χ0v) is 16.1. The maximum atomic E-state index is 12.8. The van der Waals surface area contributed by atoms with Crippen LogP contribution in [0.15, 0.2) is 24.4 Å². The monoisotopic (exact) mass is 398 g/mol. The Morgan fingerprint density at radius 1 is 1.48 bits per heavy atom. The number of nitrogens with zero attached hydrogens (tertiary/aromatic N) is 1. The standard InChI is InChI=1S/C20H25ClF2N2O2/c1-13-4-3-8-20(27,10-13)12-24-19(26)14-11-25(9-7-17(22)23)16-6-2-5-15(21)18(14)16/h2,5-6,11,13,17,27H,3-4,7-10,12H2,1H3,(H,24,26)/t13-,20-/m1/s1. The van der Waals surface area contributed by atoms with Crippen molar-refractivity contribution in [2.24, 2.45) is 5.92 Å². The number of rotatable bonds is 6. The molecule has 1 amide bonds. The third kappa shape index (κ3) is 4.61. The van der Waals surface area contributed by atoms with Crippen molar-refractivity contribution in [3.05, 3.63) is 35.0 Å². The molecule has 2 aromatic rings. The van der Waals surface area contributed by atoms with Gasteiger partial charge in [-0.1, -0.05) is 37.4 Å². The van der Waals surface area contributed by atoms with E-state index >= 15 is 0 Å². The van der Waals surface area contributed by atoms with Gasteiger partial charge in [-0.25, -0.2) is 8.78 Å². The highest BCUT2D eigenvalue weighted by molar-refractivity contribution is 6.36. The van der Waals surface area contributed by atoms with Crippen molar-refractivity contribution in [2.75, 3.05) is 6.54 Å². The summed E-state index contributed by atoms with van der Waals surface area (Å²) in [5, 5.41) is 14.5. The second-order valence-electron chi connectivity index (χ2n) is 7.66. The van der Waals surface area contributed by atoms with Crippen molar-refractivity contribution >= 4 is 28.4 Å². The highest BCUT2D eigenvalue weighted by Crippen LogP contribution is 2.32. The van der Waals surface area contributed by atoms with Gasteiger partial charge < -0.3 is 15.0 Å². The number of halogens is 3. The molecule has 7 heteroatoms. The molecule has 3 rings (SSSR count). The van der Waals surface area contributed by atoms with Gasteiger partial charge in [0.05, 0.1) is 21.7 Å². The minimum absolute atomic E-state index is 0.100. The lowest BCUT2D eigenvalue weighted by molar-refractivity contribution is -0.0109. The number of alkyl halides is 2. The van der Waals surface area contributed by atoms with Gasteiger partial charge in [0.1, 0.15) is 0 Å². The molecule has 0 radical (unpaired) electrons. The first-order chi connectivity index (χ1) is 12.8. The van der Waals surface area contributed by atoms with Crippen molar-refractivity contribution in [3.8, 4) is 0 Å². The molecule has 1 aliphatic rings. The highest BCUT2D eigenvalue weighted by Gasteiger charge is 2.33. The number of fused-ring (bicyclic) bond motifs is 1. The Balaban J connectivity index is 1.81. The van der Waals surface area contributed by atoms with E-state index in [4.69, 9.17) is 11.6 Å². The van der Waals surface area contributed by atoms with E-state index in [1.807, 2.05) is 0 Å². The lowest BCUT2D eigenvalue weighted by Gasteiger charge is -2.35. The van der Waals surface area contributed by atoms with Crippen LogP contribution in [0.5, 0.6) is 0 Å². The fourth-order valence-corrected chi connectivity index (χ4v) is 4.31. The number of aromatic nitrogens is 1. The first kappa shape index (κ1) is 20.1. The van der Waals surface area contributed by atoms with Gasteiger partial charge >= 0.3 is 0 Å². The first-order valence-electron chi connectivity index (χ1n) is 9.35. The van der Waals surface area contributed by atoms with Gasteiger partial charge in [0, 0.05) is 31.1 Å². The van der Waals surface area contributed by atoms with Gasteiger partial charge in [-0.2, -0.15) is 0 Å². The van der Waals surface area contributed by atoms with Crippen LogP contribution in [0.4, 0.5) is 8.78 Å². The SMILES string of the molecule is C[C@@H]1CCC[C@](O)(CNC(=O)c2cn(CCC(F)F)c3cccc(Cl)c23)C1. The fraction of sp³-hybridized carbons (Fsp3) is 0.550. The Labute approximate surface area is 162 Å². The molecule has 0 spiro atoms. The maximum absolute atomic E-state index is 12.8. The number of aliphatic hydroxyl groups is 1. The fourth-order valence-electron chi connectivity index (χ4n) is 4.04. The van der Waals surface area contributed by atoms with Crippen LogP contribution in [0.25, 0.3) is 10.9 Å². The smallest absolute Gasteiger partial charge is 0.253 e. The van der Waals surface area contributed by atoms with Gasteiger partial charge in [0.25, 0.3) is 5.91 Å². The van der Waals surface area contributed by atoms with Crippen LogP contribution < -0.4 is 5.32 Å². The largest absolute Gasteiger partial charge is 0.388 e. The average molecular weight is 399 g/mol. The van der Waals surface area contributed by atoms with Crippen molar-refractivity contribution in [1.29, 1.82) is 0 Å². The van der Waals surface area contributed by atoms with Crippen molar-refractivity contribution in [2.45, 2.75) is 57.6 Å². The lowest BCUT2D eigenvalue weighted by atomic mass is 9.79. The Kier molecular flexibility index (Phi) is 6.06. The van der Waals surface area contributed by atoms with Gasteiger partial charge in [0.15, 0.2) is 0 Å². The molecule has 0 aliphatic heterocycles. The predicted octanol–water partition coefficient (Wildman–Crippen LogP) is 4.62. The summed E-state index contributed by atoms with van der Waals surface area (Å²) in [7, 11) is 0. The van der Waals surface area contributed by atoms with E-state index < -0.39 is 12.0 Å². The third-order valence-electron chi connectivity index (χ3n) is 5.33. The summed E-state index contributed by atoms with van der Waals surface area (Å²) in [5.74, 6) is 0.0712. The molecule has 1 aromatic carbocycles. The quantitative estimate of drug-likeness (QED) is 0.745. The molecule has 1 fully saturated rings. The van der Waals surface area contributed by atoms with E-state index in [1.165, 1.54) is 0 Å². The zero-order chi connectivity index (χ0) is 19.6. The number of aryl methyl sites for hydroxylation is 1. The minimum atomic E-state index is -2.42. The van der Waals surface area contributed by atoms with E-state index in [2.05, 4.69) is 12.2 Å². The summed E-state index contributed by atoms with van der Waals surface area (Å²) in [6.07, 6.45) is 2.20. The molecule has 4 nitrogen and oxygen atoms in total. The summed E-state index contributed by atoms with van der Waals surface area (Å²) < 4.78 is 26.9. The number of hydrogen-bond acceptors (Lipinski definition) is 2. The summed E-state index contributed by atoms with van der Waals surface area (Å²) in [5.41, 5.74) is 0.0983. The molecule has 1 aromatic heterocycles. The van der Waals surface area contributed by atoms with Crippen LogP contribution in [0, 0.1) is 5.92 Å². The van der Waals surface area contributed by atoms with Crippen LogP contribution in [0.1, 0.15) is 49.4 Å². The van der Waals surface area contributed by atoms with Crippen LogP contribution in [-0.2, 0) is 6.54 Å². The zero-order valence-electron chi connectivity index (χ0n) is 15.4. The normalized spacial score (nSPS) is 23.1. The van der Waals surface area contributed by atoms with E-state index in [-0.39, 0.29) is 25.4 Å². The van der Waals surface area contributed by atoms with Gasteiger partial charge in [-0.3, -0.25) is 4.79 Å². The molecule has 148 valence electrons. The van der Waals surface area contributed by atoms with Crippen molar-refractivity contribution < 1.29 is 18.7 Å². The summed E-state index contributed by atoms with van der Waals surface area (Å²) in [6, 6.07) is 5.17. The summed E-state index contributed by atoms with van der Waals surface area (Å²) in [6.45, 7) is 2.37. The molecule has 0 bridgehead atoms. The maximum Gasteiger partial charge on any atom is 0.253 e. The Bertz CT molecular complexity index is 824. The predicted molar refractivity (Wildman–Crippen MR) is 102 cm³/mol. The molecular weight excluding hydrogens is 374 g/mol. The number of carbonyl (C=O) groups is 1. The molecule has 1 aliphatic carbocycles. The molecule has 2 N–H and O–H groups in total. The molecular formula is C20H25ClF2N2O2. The summed E-state index contributed by atoms with van der Waals surface area (Å²) in [4.78, 5) is 12.8. The third-order valence-corrected chi connectivity index (χ3v) is 5.65. The topological polar surface area (TPSA) is 54.3 Å². The Hall–Kier alpha value is -1.66. The first-order valence-corrected chi connectivity index (χ1v) is 9.73. The van der Waals surface area contributed by atoms with Crippen molar-refractivity contribution in [1.82, 2.24) is 9.88 Å². The molecule has 1 saturated carbocycles. The minimum Gasteiger partial charge on any atom is -0.388 e. The number of amides is 1. The van der Waals surface area contributed by atoms with Crippen LogP contribution >= 0.6 is 11.6 Å². The molecule has 27 heavy (non-hydrogen) atoms. The molecule has 0 saturated heterocycles. The number of carbonyl (C=O) groups excluding carboxylic acids is 1. The van der Waals surface area contributed by atoms with E-state index in [0.29, 0.717) is 40.2 Å². The Morgan fingerprint density at radius 2 is 2.26 bits per heavy atom. The summed E-state index contributed by atoms with van der Waals surface area (Å²) >= 11 is 6.29.